The van der Waals surface area contributed by atoms with Crippen LogP contribution in [0.1, 0.15) is 72.0 Å². The summed E-state index contributed by atoms with van der Waals surface area (Å²) in [6.45, 7) is 6.05. The fraction of sp³-hybridized carbons (Fsp3) is 0.429. The van der Waals surface area contributed by atoms with E-state index in [1.807, 2.05) is 41.3 Å². The molecule has 1 unspecified atom stereocenters. The fourth-order valence-electron chi connectivity index (χ4n) is 6.66. The van der Waals surface area contributed by atoms with Crippen molar-refractivity contribution in [2.75, 3.05) is 32.7 Å². The van der Waals surface area contributed by atoms with Crippen molar-refractivity contribution < 1.29 is 9.59 Å². The van der Waals surface area contributed by atoms with Crippen LogP contribution < -0.4 is 5.32 Å². The van der Waals surface area contributed by atoms with Crippen molar-refractivity contribution in [3.05, 3.63) is 105 Å². The van der Waals surface area contributed by atoms with E-state index in [9.17, 15) is 9.59 Å². The van der Waals surface area contributed by atoms with E-state index in [-0.39, 0.29) is 23.3 Å². The molecular weight excluding hydrogens is 565 g/mol. The maximum absolute atomic E-state index is 13.5. The van der Waals surface area contributed by atoms with Crippen molar-refractivity contribution in [1.29, 1.82) is 0 Å². The monoisotopic (exact) mass is 605 g/mol. The van der Waals surface area contributed by atoms with Crippen molar-refractivity contribution in [2.24, 2.45) is 0 Å². The molecule has 0 saturated carbocycles. The highest BCUT2D eigenvalue weighted by atomic mass is 35.5. The van der Waals surface area contributed by atoms with Gasteiger partial charge in [0, 0.05) is 50.1 Å². The Balaban J connectivity index is 1.12. The molecule has 2 amide bonds. The predicted molar refractivity (Wildman–Crippen MR) is 171 cm³/mol. The van der Waals surface area contributed by atoms with E-state index in [2.05, 4.69) is 46.6 Å². The largest absolute Gasteiger partial charge is 0.350 e. The molecule has 0 spiro atoms. The molecule has 0 aliphatic carbocycles. The van der Waals surface area contributed by atoms with Crippen LogP contribution in [0.25, 0.3) is 0 Å². The zero-order valence-electron chi connectivity index (χ0n) is 24.5. The minimum absolute atomic E-state index is 0.0447. The van der Waals surface area contributed by atoms with E-state index in [1.54, 1.807) is 6.92 Å². The lowest BCUT2D eigenvalue weighted by molar-refractivity contribution is -0.121. The Labute approximate surface area is 260 Å². The SMILES string of the molecule is CC(=O)NC1(Cc2ccccc2)CCN(CCCc2cccc(C(=O)N3CCCC(c4ccc(Cl)c(Cl)c4)C3)c2)CC1. The lowest BCUT2D eigenvalue weighted by Gasteiger charge is -2.42. The van der Waals surface area contributed by atoms with Crippen molar-refractivity contribution in [2.45, 2.75) is 63.3 Å². The van der Waals surface area contributed by atoms with Gasteiger partial charge in [0.05, 0.1) is 10.0 Å². The van der Waals surface area contributed by atoms with Crippen LogP contribution in [0.15, 0.2) is 72.8 Å². The molecule has 2 saturated heterocycles. The molecule has 3 aromatic rings. The average molecular weight is 607 g/mol. The average Bonchev–Trinajstić information content (AvgIpc) is 2.99. The molecule has 0 aromatic heterocycles. The smallest absolute Gasteiger partial charge is 0.253 e. The second kappa shape index (κ2) is 14.1. The summed E-state index contributed by atoms with van der Waals surface area (Å²) < 4.78 is 0. The Morgan fingerprint density at radius 3 is 2.40 bits per heavy atom. The molecule has 2 fully saturated rings. The summed E-state index contributed by atoms with van der Waals surface area (Å²) in [7, 11) is 0. The fourth-order valence-corrected chi connectivity index (χ4v) is 6.97. The minimum Gasteiger partial charge on any atom is -0.350 e. The maximum Gasteiger partial charge on any atom is 0.253 e. The number of rotatable bonds is 9. The summed E-state index contributed by atoms with van der Waals surface area (Å²) in [6.07, 6.45) is 6.75. The number of halogens is 2. The summed E-state index contributed by atoms with van der Waals surface area (Å²) in [6, 6.07) is 24.4. The van der Waals surface area contributed by atoms with Gasteiger partial charge in [0.1, 0.15) is 0 Å². The standard InChI is InChI=1S/C35H41Cl2N3O2/c1-26(41)38-35(24-28-8-3-2-4-9-28)16-20-39(21-17-35)18-6-11-27-10-5-12-30(22-27)34(42)40-19-7-13-31(25-40)29-14-15-32(36)33(37)23-29/h2-5,8-10,12,14-15,22-23,31H,6-7,11,13,16-21,24-25H2,1H3,(H,38,41). The second-order valence-electron chi connectivity index (χ2n) is 12.0. The van der Waals surface area contributed by atoms with Gasteiger partial charge in [0.15, 0.2) is 0 Å². The zero-order chi connectivity index (χ0) is 29.5. The van der Waals surface area contributed by atoms with E-state index >= 15 is 0 Å². The quantitative estimate of drug-likeness (QED) is 0.281. The van der Waals surface area contributed by atoms with Gasteiger partial charge in [-0.15, -0.1) is 0 Å². The summed E-state index contributed by atoms with van der Waals surface area (Å²) in [4.78, 5) is 30.0. The van der Waals surface area contributed by atoms with Crippen LogP contribution in [0, 0.1) is 0 Å². The Morgan fingerprint density at radius 1 is 0.905 bits per heavy atom. The number of piperidine rings is 2. The highest BCUT2D eigenvalue weighted by molar-refractivity contribution is 6.42. The molecule has 2 heterocycles. The molecular formula is C35H41Cl2N3O2. The zero-order valence-corrected chi connectivity index (χ0v) is 26.0. The van der Waals surface area contributed by atoms with Crippen LogP contribution in [0.3, 0.4) is 0 Å². The third-order valence-electron chi connectivity index (χ3n) is 8.88. The molecule has 2 aliphatic rings. The molecule has 0 radical (unpaired) electrons. The number of benzene rings is 3. The van der Waals surface area contributed by atoms with E-state index in [4.69, 9.17) is 23.2 Å². The van der Waals surface area contributed by atoms with Gasteiger partial charge in [-0.05, 0) is 92.4 Å². The second-order valence-corrected chi connectivity index (χ2v) is 12.8. The molecule has 42 heavy (non-hydrogen) atoms. The first-order valence-electron chi connectivity index (χ1n) is 15.2. The minimum atomic E-state index is -0.175. The molecule has 1 atom stereocenters. The summed E-state index contributed by atoms with van der Waals surface area (Å²) in [5.74, 6) is 0.413. The number of hydrogen-bond donors (Lipinski definition) is 1. The number of amides is 2. The van der Waals surface area contributed by atoms with Crippen LogP contribution in [0.5, 0.6) is 0 Å². The van der Waals surface area contributed by atoms with Gasteiger partial charge in [-0.25, -0.2) is 0 Å². The Kier molecular flexibility index (Phi) is 10.3. The number of likely N-dealkylation sites (tertiary alicyclic amines) is 2. The van der Waals surface area contributed by atoms with Crippen molar-refractivity contribution in [3.63, 3.8) is 0 Å². The Hall–Kier alpha value is -2.86. The van der Waals surface area contributed by atoms with Gasteiger partial charge in [-0.3, -0.25) is 9.59 Å². The van der Waals surface area contributed by atoms with Crippen LogP contribution >= 0.6 is 23.2 Å². The number of nitrogens with zero attached hydrogens (tertiary/aromatic N) is 2. The molecule has 222 valence electrons. The van der Waals surface area contributed by atoms with Gasteiger partial charge < -0.3 is 15.1 Å². The van der Waals surface area contributed by atoms with Crippen molar-refractivity contribution in [1.82, 2.24) is 15.1 Å². The lowest BCUT2D eigenvalue weighted by atomic mass is 9.81. The summed E-state index contributed by atoms with van der Waals surface area (Å²) in [5, 5.41) is 4.42. The van der Waals surface area contributed by atoms with E-state index in [1.165, 1.54) is 11.1 Å². The predicted octanol–water partition coefficient (Wildman–Crippen LogP) is 7.16. The molecule has 2 aliphatic heterocycles. The highest BCUT2D eigenvalue weighted by Crippen LogP contribution is 2.32. The Morgan fingerprint density at radius 2 is 1.67 bits per heavy atom. The summed E-state index contributed by atoms with van der Waals surface area (Å²) >= 11 is 12.4. The third-order valence-corrected chi connectivity index (χ3v) is 9.62. The number of carbonyl (C=O) groups excluding carboxylic acids is 2. The highest BCUT2D eigenvalue weighted by Gasteiger charge is 2.35. The molecule has 5 nitrogen and oxygen atoms in total. The van der Waals surface area contributed by atoms with Gasteiger partial charge in [0.2, 0.25) is 5.91 Å². The summed E-state index contributed by atoms with van der Waals surface area (Å²) in [5.41, 5.74) is 4.20. The molecule has 1 N–H and O–H groups in total. The van der Waals surface area contributed by atoms with Crippen LogP contribution in [0.2, 0.25) is 10.0 Å². The van der Waals surface area contributed by atoms with Gasteiger partial charge >= 0.3 is 0 Å². The number of carbonyl (C=O) groups is 2. The molecule has 5 rings (SSSR count). The first-order valence-corrected chi connectivity index (χ1v) is 15.9. The van der Waals surface area contributed by atoms with Crippen LogP contribution in [-0.2, 0) is 17.6 Å². The maximum atomic E-state index is 13.5. The normalized spacial score (nSPS) is 18.9. The molecule has 7 heteroatoms. The number of aryl methyl sites for hydroxylation is 1. The molecule has 0 bridgehead atoms. The number of nitrogens with one attached hydrogen (secondary N) is 1. The van der Waals surface area contributed by atoms with Crippen molar-refractivity contribution in [3.8, 4) is 0 Å². The van der Waals surface area contributed by atoms with Gasteiger partial charge in [-0.2, -0.15) is 0 Å². The van der Waals surface area contributed by atoms with Crippen LogP contribution in [0.4, 0.5) is 0 Å². The topological polar surface area (TPSA) is 52.7 Å². The van der Waals surface area contributed by atoms with E-state index in [0.29, 0.717) is 16.6 Å². The first-order chi connectivity index (χ1) is 20.3. The van der Waals surface area contributed by atoms with Crippen molar-refractivity contribution >= 4 is 35.0 Å². The lowest BCUT2D eigenvalue weighted by Crippen LogP contribution is -2.56. The molecule has 3 aromatic carbocycles. The Bertz CT molecular complexity index is 1370. The number of hydrogen-bond acceptors (Lipinski definition) is 3. The first kappa shape index (κ1) is 30.6. The van der Waals surface area contributed by atoms with Crippen LogP contribution in [-0.4, -0.2) is 59.9 Å². The third kappa shape index (κ3) is 7.94. The van der Waals surface area contributed by atoms with Gasteiger partial charge in [0.25, 0.3) is 5.91 Å². The van der Waals surface area contributed by atoms with Gasteiger partial charge in [-0.1, -0.05) is 71.7 Å². The van der Waals surface area contributed by atoms with E-state index < -0.39 is 0 Å². The van der Waals surface area contributed by atoms with E-state index in [0.717, 1.165) is 82.3 Å².